The molecule has 2 N–H and O–H groups in total. The Hall–Kier alpha value is -1.96. The van der Waals surface area contributed by atoms with E-state index in [1.807, 2.05) is 26.8 Å². The van der Waals surface area contributed by atoms with Crippen molar-refractivity contribution in [1.82, 2.24) is 0 Å². The second kappa shape index (κ2) is 4.13. The number of aromatic hydroxyl groups is 2. The van der Waals surface area contributed by atoms with Crippen LogP contribution in [0.1, 0.15) is 16.7 Å². The Morgan fingerprint density at radius 3 is 2.18 bits per heavy atom. The first-order chi connectivity index (χ1) is 8.00. The highest BCUT2D eigenvalue weighted by molar-refractivity contribution is 5.77. The maximum absolute atomic E-state index is 9.92. The van der Waals surface area contributed by atoms with Crippen LogP contribution in [-0.4, -0.2) is 10.2 Å². The van der Waals surface area contributed by atoms with E-state index in [-0.39, 0.29) is 11.5 Å². The molecule has 0 spiro atoms. The van der Waals surface area contributed by atoms with E-state index in [1.165, 1.54) is 17.7 Å². The molecule has 0 saturated heterocycles. The standard InChI is InChI=1S/C15H16O2/c1-9-4-5-10(2)15(11(9)3)13-8-12(16)6-7-14(13)17/h4-8,16-17H,1-3H3. The second-order valence-corrected chi connectivity index (χ2v) is 4.40. The summed E-state index contributed by atoms with van der Waals surface area (Å²) in [4.78, 5) is 0. The van der Waals surface area contributed by atoms with Gasteiger partial charge in [0.2, 0.25) is 0 Å². The highest BCUT2D eigenvalue weighted by Gasteiger charge is 2.12. The third-order valence-corrected chi connectivity index (χ3v) is 3.19. The maximum Gasteiger partial charge on any atom is 0.123 e. The average molecular weight is 228 g/mol. The van der Waals surface area contributed by atoms with Gasteiger partial charge in [-0.05, 0) is 61.2 Å². The summed E-state index contributed by atoms with van der Waals surface area (Å²) in [5, 5.41) is 19.5. The first-order valence-electron chi connectivity index (χ1n) is 5.60. The zero-order valence-corrected chi connectivity index (χ0v) is 10.3. The second-order valence-electron chi connectivity index (χ2n) is 4.40. The van der Waals surface area contributed by atoms with Crippen molar-refractivity contribution >= 4 is 0 Å². The Bertz CT molecular complexity index is 571. The van der Waals surface area contributed by atoms with Crippen LogP contribution in [0.3, 0.4) is 0 Å². The lowest BCUT2D eigenvalue weighted by Crippen LogP contribution is -1.91. The van der Waals surface area contributed by atoms with Gasteiger partial charge in [-0.1, -0.05) is 12.1 Å². The molecule has 0 unspecified atom stereocenters. The molecule has 0 atom stereocenters. The number of benzene rings is 2. The van der Waals surface area contributed by atoms with Crippen molar-refractivity contribution in [3.63, 3.8) is 0 Å². The van der Waals surface area contributed by atoms with Crippen molar-refractivity contribution in [2.75, 3.05) is 0 Å². The molecule has 2 aromatic carbocycles. The van der Waals surface area contributed by atoms with Gasteiger partial charge in [0.15, 0.2) is 0 Å². The van der Waals surface area contributed by atoms with E-state index in [0.29, 0.717) is 5.56 Å². The van der Waals surface area contributed by atoms with Crippen LogP contribution in [0.25, 0.3) is 11.1 Å². The van der Waals surface area contributed by atoms with Crippen LogP contribution in [-0.2, 0) is 0 Å². The van der Waals surface area contributed by atoms with Gasteiger partial charge in [0.05, 0.1) is 0 Å². The topological polar surface area (TPSA) is 40.5 Å². The summed E-state index contributed by atoms with van der Waals surface area (Å²) >= 11 is 0. The molecular weight excluding hydrogens is 212 g/mol. The minimum absolute atomic E-state index is 0.165. The molecule has 0 aliphatic carbocycles. The van der Waals surface area contributed by atoms with Crippen LogP contribution in [0.15, 0.2) is 30.3 Å². The molecule has 2 heteroatoms. The summed E-state index contributed by atoms with van der Waals surface area (Å²) in [5.74, 6) is 0.359. The van der Waals surface area contributed by atoms with Crippen LogP contribution >= 0.6 is 0 Å². The molecule has 0 radical (unpaired) electrons. The summed E-state index contributed by atoms with van der Waals surface area (Å²) in [7, 11) is 0. The lowest BCUT2D eigenvalue weighted by molar-refractivity contribution is 0.462. The molecule has 0 saturated carbocycles. The molecule has 0 aliphatic heterocycles. The number of hydrogen-bond acceptors (Lipinski definition) is 2. The summed E-state index contributed by atoms with van der Waals surface area (Å²) in [6.45, 7) is 6.07. The minimum Gasteiger partial charge on any atom is -0.508 e. The molecule has 0 amide bonds. The molecule has 2 nitrogen and oxygen atoms in total. The summed E-state index contributed by atoms with van der Waals surface area (Å²) < 4.78 is 0. The van der Waals surface area contributed by atoms with Gasteiger partial charge in [-0.2, -0.15) is 0 Å². The van der Waals surface area contributed by atoms with Gasteiger partial charge >= 0.3 is 0 Å². The smallest absolute Gasteiger partial charge is 0.123 e. The number of phenolic OH excluding ortho intramolecular Hbond substituents is 2. The van der Waals surface area contributed by atoms with Gasteiger partial charge in [-0.3, -0.25) is 0 Å². The van der Waals surface area contributed by atoms with Crippen LogP contribution in [0, 0.1) is 20.8 Å². The number of hydrogen-bond donors (Lipinski definition) is 2. The average Bonchev–Trinajstić information content (AvgIpc) is 2.29. The molecule has 0 heterocycles. The van der Waals surface area contributed by atoms with E-state index >= 15 is 0 Å². The van der Waals surface area contributed by atoms with Crippen molar-refractivity contribution in [1.29, 1.82) is 0 Å². The maximum atomic E-state index is 9.92. The minimum atomic E-state index is 0.165. The van der Waals surface area contributed by atoms with E-state index in [1.54, 1.807) is 6.07 Å². The molecule has 0 aromatic heterocycles. The van der Waals surface area contributed by atoms with Gasteiger partial charge < -0.3 is 10.2 Å². The Morgan fingerprint density at radius 2 is 1.47 bits per heavy atom. The molecule has 0 fully saturated rings. The van der Waals surface area contributed by atoms with E-state index in [4.69, 9.17) is 0 Å². The lowest BCUT2D eigenvalue weighted by atomic mass is 9.92. The van der Waals surface area contributed by atoms with Crippen molar-refractivity contribution < 1.29 is 10.2 Å². The SMILES string of the molecule is Cc1ccc(C)c(-c2cc(O)ccc2O)c1C. The molecule has 0 bridgehead atoms. The van der Waals surface area contributed by atoms with Crippen molar-refractivity contribution in [3.8, 4) is 22.6 Å². The van der Waals surface area contributed by atoms with Gasteiger partial charge in [0, 0.05) is 5.56 Å². The van der Waals surface area contributed by atoms with Crippen LogP contribution in [0.4, 0.5) is 0 Å². The van der Waals surface area contributed by atoms with E-state index in [9.17, 15) is 10.2 Å². The first kappa shape index (κ1) is 11.5. The number of phenols is 2. The van der Waals surface area contributed by atoms with Crippen LogP contribution in [0.2, 0.25) is 0 Å². The third kappa shape index (κ3) is 1.98. The zero-order valence-electron chi connectivity index (χ0n) is 10.3. The first-order valence-corrected chi connectivity index (χ1v) is 5.60. The molecule has 2 aromatic rings. The highest BCUT2D eigenvalue weighted by atomic mass is 16.3. The molecular formula is C15H16O2. The highest BCUT2D eigenvalue weighted by Crippen LogP contribution is 2.37. The molecule has 88 valence electrons. The largest absolute Gasteiger partial charge is 0.508 e. The lowest BCUT2D eigenvalue weighted by Gasteiger charge is -2.14. The number of rotatable bonds is 1. The molecule has 17 heavy (non-hydrogen) atoms. The Labute approximate surface area is 101 Å². The molecule has 0 aliphatic rings. The monoisotopic (exact) mass is 228 g/mol. The zero-order chi connectivity index (χ0) is 12.6. The predicted molar refractivity (Wildman–Crippen MR) is 69.4 cm³/mol. The Morgan fingerprint density at radius 1 is 0.824 bits per heavy atom. The number of aryl methyl sites for hydroxylation is 2. The summed E-state index contributed by atoms with van der Waals surface area (Å²) in [6, 6.07) is 8.70. The normalized spacial score (nSPS) is 10.5. The fraction of sp³-hybridized carbons (Fsp3) is 0.200. The van der Waals surface area contributed by atoms with E-state index in [2.05, 4.69) is 6.07 Å². The van der Waals surface area contributed by atoms with Gasteiger partial charge in [0.1, 0.15) is 11.5 Å². The Kier molecular flexibility index (Phi) is 2.80. The van der Waals surface area contributed by atoms with E-state index < -0.39 is 0 Å². The van der Waals surface area contributed by atoms with E-state index in [0.717, 1.165) is 16.7 Å². The molecule has 2 rings (SSSR count). The van der Waals surface area contributed by atoms with Crippen LogP contribution < -0.4 is 0 Å². The quantitative estimate of drug-likeness (QED) is 0.731. The third-order valence-electron chi connectivity index (χ3n) is 3.19. The van der Waals surface area contributed by atoms with Gasteiger partial charge in [0.25, 0.3) is 0 Å². The predicted octanol–water partition coefficient (Wildman–Crippen LogP) is 3.69. The van der Waals surface area contributed by atoms with Gasteiger partial charge in [-0.15, -0.1) is 0 Å². The van der Waals surface area contributed by atoms with Crippen molar-refractivity contribution in [2.45, 2.75) is 20.8 Å². The Balaban J connectivity index is 2.76. The summed E-state index contributed by atoms with van der Waals surface area (Å²) in [5.41, 5.74) is 5.08. The van der Waals surface area contributed by atoms with Gasteiger partial charge in [-0.25, -0.2) is 0 Å². The summed E-state index contributed by atoms with van der Waals surface area (Å²) in [6.07, 6.45) is 0. The van der Waals surface area contributed by atoms with Crippen LogP contribution in [0.5, 0.6) is 11.5 Å². The fourth-order valence-electron chi connectivity index (χ4n) is 2.09. The van der Waals surface area contributed by atoms with Crippen molar-refractivity contribution in [3.05, 3.63) is 47.0 Å². The van der Waals surface area contributed by atoms with Crippen molar-refractivity contribution in [2.24, 2.45) is 0 Å². The fourth-order valence-corrected chi connectivity index (χ4v) is 2.09.